The van der Waals surface area contributed by atoms with Crippen molar-refractivity contribution >= 4 is 17.9 Å². The van der Waals surface area contributed by atoms with Gasteiger partial charge in [0.25, 0.3) is 0 Å². The molecule has 0 fully saturated rings. The van der Waals surface area contributed by atoms with E-state index >= 15 is 0 Å². The molecule has 0 aliphatic rings. The van der Waals surface area contributed by atoms with Gasteiger partial charge in [-0.3, -0.25) is 9.59 Å². The Hall–Kier alpha value is -3.27. The minimum Gasteiger partial charge on any atom is -0.545 e. The van der Waals surface area contributed by atoms with Gasteiger partial charge < -0.3 is 33.3 Å². The van der Waals surface area contributed by atoms with Crippen LogP contribution in [0, 0.1) is 0 Å². The van der Waals surface area contributed by atoms with E-state index in [0.717, 1.165) is 89.9 Å². The lowest BCUT2D eigenvalue weighted by molar-refractivity contribution is -0.870. The average Bonchev–Trinajstić information content (AvgIpc) is 3.31. The fourth-order valence-corrected chi connectivity index (χ4v) is 7.62. The Morgan fingerprint density at radius 3 is 1.23 bits per heavy atom. The standard InChI is InChI=1S/C60H105NO8/c1-6-8-10-12-14-16-18-20-22-23-24-25-26-27-28-29-30-31-32-33-34-35-37-39-41-43-45-47-49-51-58(63)69-56(55-68-60(59(64)65)66-53-52-61(3,4)5)54-67-57(62)50-48-46-44-42-40-38-36-21-19-17-15-13-11-9-7-2/h8,10,14-17,20-22,24-25,36,56,60H,6-7,9,11-13,18-19,23,26-35,37-55H2,1-5H3/b10-8-,16-14-,17-15-,22-20-,25-24-,36-21-. The molecule has 0 aliphatic heterocycles. The number of carbonyl (C=O) groups excluding carboxylic acids is 3. The molecule has 0 saturated carbocycles. The van der Waals surface area contributed by atoms with Crippen LogP contribution in [0.25, 0.3) is 0 Å². The fourth-order valence-electron chi connectivity index (χ4n) is 7.62. The second-order valence-electron chi connectivity index (χ2n) is 19.8. The Labute approximate surface area is 424 Å². The lowest BCUT2D eigenvalue weighted by Crippen LogP contribution is -2.44. The molecule has 398 valence electrons. The van der Waals surface area contributed by atoms with E-state index < -0.39 is 24.3 Å². The van der Waals surface area contributed by atoms with Gasteiger partial charge in [-0.2, -0.15) is 0 Å². The van der Waals surface area contributed by atoms with Crippen LogP contribution in [-0.2, 0) is 33.3 Å². The highest BCUT2D eigenvalue weighted by molar-refractivity contribution is 5.70. The monoisotopic (exact) mass is 968 g/mol. The van der Waals surface area contributed by atoms with E-state index in [2.05, 4.69) is 86.8 Å². The second-order valence-corrected chi connectivity index (χ2v) is 19.8. The first kappa shape index (κ1) is 65.7. The Bertz CT molecular complexity index is 1360. The fraction of sp³-hybridized carbons (Fsp3) is 0.750. The van der Waals surface area contributed by atoms with Crippen molar-refractivity contribution in [3.05, 3.63) is 72.9 Å². The molecule has 0 radical (unpaired) electrons. The first-order valence-electron chi connectivity index (χ1n) is 28.1. The van der Waals surface area contributed by atoms with Crippen molar-refractivity contribution < 1.29 is 42.9 Å². The van der Waals surface area contributed by atoms with Crippen molar-refractivity contribution in [1.82, 2.24) is 0 Å². The third-order valence-electron chi connectivity index (χ3n) is 11.9. The van der Waals surface area contributed by atoms with E-state index in [1.807, 2.05) is 21.1 Å². The van der Waals surface area contributed by atoms with Crippen molar-refractivity contribution in [2.45, 2.75) is 245 Å². The maximum atomic E-state index is 12.8. The van der Waals surface area contributed by atoms with Crippen LogP contribution in [0.4, 0.5) is 0 Å². The smallest absolute Gasteiger partial charge is 0.306 e. The highest BCUT2D eigenvalue weighted by atomic mass is 16.7. The molecule has 0 N–H and O–H groups in total. The van der Waals surface area contributed by atoms with Gasteiger partial charge >= 0.3 is 11.9 Å². The quantitative estimate of drug-likeness (QED) is 0.0195. The van der Waals surface area contributed by atoms with Gasteiger partial charge in [0, 0.05) is 12.8 Å². The topological polar surface area (TPSA) is 111 Å². The van der Waals surface area contributed by atoms with Gasteiger partial charge in [-0.1, -0.05) is 209 Å². The summed E-state index contributed by atoms with van der Waals surface area (Å²) in [6.45, 7) is 4.60. The Morgan fingerprint density at radius 2 is 0.826 bits per heavy atom. The van der Waals surface area contributed by atoms with Gasteiger partial charge in [0.15, 0.2) is 12.4 Å². The van der Waals surface area contributed by atoms with Crippen LogP contribution in [0.3, 0.4) is 0 Å². The number of aliphatic carboxylic acids is 1. The van der Waals surface area contributed by atoms with Crippen molar-refractivity contribution in [2.24, 2.45) is 0 Å². The normalized spacial score (nSPS) is 13.3. The molecule has 2 atom stereocenters. The summed E-state index contributed by atoms with van der Waals surface area (Å²) in [6, 6.07) is 0. The molecule has 0 spiro atoms. The maximum absolute atomic E-state index is 12.8. The van der Waals surface area contributed by atoms with Crippen molar-refractivity contribution in [2.75, 3.05) is 47.5 Å². The number of unbranched alkanes of at least 4 members (excludes halogenated alkanes) is 24. The average molecular weight is 968 g/mol. The molecule has 0 aliphatic carbocycles. The van der Waals surface area contributed by atoms with E-state index in [9.17, 15) is 19.5 Å². The molecule has 9 nitrogen and oxygen atoms in total. The summed E-state index contributed by atoms with van der Waals surface area (Å²) in [5, 5.41) is 11.8. The van der Waals surface area contributed by atoms with Gasteiger partial charge in [0.1, 0.15) is 13.2 Å². The lowest BCUT2D eigenvalue weighted by Gasteiger charge is -2.26. The van der Waals surface area contributed by atoms with Gasteiger partial charge in [-0.25, -0.2) is 0 Å². The molecule has 69 heavy (non-hydrogen) atoms. The number of allylic oxidation sites excluding steroid dienone is 12. The summed E-state index contributed by atoms with van der Waals surface area (Å²) in [7, 11) is 5.91. The molecule has 9 heteroatoms. The molecule has 0 rings (SSSR count). The number of esters is 2. The number of likely N-dealkylation sites (N-methyl/N-ethyl adjacent to an activating group) is 1. The van der Waals surface area contributed by atoms with Crippen LogP contribution in [-0.4, -0.2) is 82.3 Å². The Kier molecular flexibility index (Phi) is 48.7. The zero-order valence-corrected chi connectivity index (χ0v) is 45.2. The molecule has 0 amide bonds. The minimum absolute atomic E-state index is 0.144. The van der Waals surface area contributed by atoms with Gasteiger partial charge in [-0.15, -0.1) is 0 Å². The molecule has 0 bridgehead atoms. The highest BCUT2D eigenvalue weighted by Crippen LogP contribution is 2.16. The predicted molar refractivity (Wildman–Crippen MR) is 288 cm³/mol. The van der Waals surface area contributed by atoms with Crippen LogP contribution in [0.1, 0.15) is 232 Å². The third kappa shape index (κ3) is 52.4. The molecule has 0 aromatic carbocycles. The van der Waals surface area contributed by atoms with E-state index in [0.29, 0.717) is 17.4 Å². The number of carboxylic acids is 1. The molecule has 2 unspecified atom stereocenters. The summed E-state index contributed by atoms with van der Waals surface area (Å²) in [5.41, 5.74) is 0. The number of carboxylic acid groups (broad SMARTS) is 1. The van der Waals surface area contributed by atoms with Crippen LogP contribution in [0.2, 0.25) is 0 Å². The summed E-state index contributed by atoms with van der Waals surface area (Å²) in [6.07, 6.45) is 62.3. The summed E-state index contributed by atoms with van der Waals surface area (Å²) < 4.78 is 22.7. The number of ether oxygens (including phenoxy) is 4. The summed E-state index contributed by atoms with van der Waals surface area (Å²) >= 11 is 0. The number of hydrogen-bond acceptors (Lipinski definition) is 8. The number of hydrogen-bond donors (Lipinski definition) is 0. The highest BCUT2D eigenvalue weighted by Gasteiger charge is 2.22. The number of quaternary nitrogens is 1. The molecular weight excluding hydrogens is 863 g/mol. The van der Waals surface area contributed by atoms with Crippen molar-refractivity contribution in [3.63, 3.8) is 0 Å². The number of carbonyl (C=O) groups is 3. The Morgan fingerprint density at radius 1 is 0.449 bits per heavy atom. The SMILES string of the molecule is CC/C=C\C/C=C\C/C=C\C/C=C\CCCCCCCCCCCCCCCCCCC(=O)OC(COC(=O)CCCCCCC/C=C\C/C=C\CCCCC)COC(OCC[N+](C)(C)C)C(=O)[O-]. The van der Waals surface area contributed by atoms with E-state index in [-0.39, 0.29) is 38.6 Å². The molecule has 0 saturated heterocycles. The molecule has 0 aromatic rings. The first-order valence-corrected chi connectivity index (χ1v) is 28.1. The number of rotatable bonds is 51. The first-order chi connectivity index (χ1) is 33.6. The van der Waals surface area contributed by atoms with E-state index in [1.165, 1.54) is 109 Å². The third-order valence-corrected chi connectivity index (χ3v) is 11.9. The van der Waals surface area contributed by atoms with Crippen LogP contribution < -0.4 is 5.11 Å². The maximum Gasteiger partial charge on any atom is 0.306 e. The van der Waals surface area contributed by atoms with Gasteiger partial charge in [-0.05, 0) is 83.5 Å². The number of nitrogens with zero attached hydrogens (tertiary/aromatic N) is 1. The largest absolute Gasteiger partial charge is 0.545 e. The summed E-state index contributed by atoms with van der Waals surface area (Å²) in [4.78, 5) is 37.2. The second kappa shape index (κ2) is 51.1. The van der Waals surface area contributed by atoms with E-state index in [4.69, 9.17) is 18.9 Å². The predicted octanol–water partition coefficient (Wildman–Crippen LogP) is 14.9. The molecular formula is C60H105NO8. The zero-order valence-electron chi connectivity index (χ0n) is 45.2. The van der Waals surface area contributed by atoms with Crippen LogP contribution in [0.15, 0.2) is 72.9 Å². The lowest BCUT2D eigenvalue weighted by atomic mass is 10.0. The van der Waals surface area contributed by atoms with Crippen molar-refractivity contribution in [1.29, 1.82) is 0 Å². The van der Waals surface area contributed by atoms with Gasteiger partial charge in [0.05, 0.1) is 40.3 Å². The Balaban J connectivity index is 4.20. The molecule has 0 heterocycles. The van der Waals surface area contributed by atoms with Crippen LogP contribution >= 0.6 is 0 Å². The van der Waals surface area contributed by atoms with Crippen LogP contribution in [0.5, 0.6) is 0 Å². The molecule has 0 aromatic heterocycles. The minimum atomic E-state index is -1.63. The van der Waals surface area contributed by atoms with E-state index in [1.54, 1.807) is 0 Å². The van der Waals surface area contributed by atoms with Gasteiger partial charge in [0.2, 0.25) is 0 Å². The van der Waals surface area contributed by atoms with Crippen molar-refractivity contribution in [3.8, 4) is 0 Å². The summed E-state index contributed by atoms with van der Waals surface area (Å²) in [5.74, 6) is -2.30. The zero-order chi connectivity index (χ0) is 50.6.